The molecule has 0 aromatic heterocycles. The Morgan fingerprint density at radius 1 is 0.971 bits per heavy atom. The molecule has 2 aromatic rings. The minimum absolute atomic E-state index is 0.341. The highest BCUT2D eigenvalue weighted by Crippen LogP contribution is 2.43. The summed E-state index contributed by atoms with van der Waals surface area (Å²) in [4.78, 5) is 43.5. The lowest BCUT2D eigenvalue weighted by Gasteiger charge is -2.29. The van der Waals surface area contributed by atoms with Crippen molar-refractivity contribution in [3.05, 3.63) is 53.1 Å². The molecule has 8 nitrogen and oxygen atoms in total. The summed E-state index contributed by atoms with van der Waals surface area (Å²) in [6, 6.07) is 9.42. The average Bonchev–Trinajstić information content (AvgIpc) is 3.07. The highest BCUT2D eigenvalue weighted by molar-refractivity contribution is 6.44. The normalized spacial score (nSPS) is 17.9. The first-order valence-corrected chi connectivity index (χ1v) is 11.1. The molecule has 34 heavy (non-hydrogen) atoms. The Bertz CT molecular complexity index is 1080. The predicted octanol–water partition coefficient (Wildman–Crippen LogP) is 2.92. The number of rotatable bonds is 10. The first-order chi connectivity index (χ1) is 16.2. The molecule has 3 rings (SSSR count). The van der Waals surface area contributed by atoms with Gasteiger partial charge in [-0.05, 0) is 69.9 Å². The molecule has 2 aromatic carbocycles. The van der Waals surface area contributed by atoms with Gasteiger partial charge >= 0.3 is 0 Å². The van der Waals surface area contributed by atoms with Gasteiger partial charge in [0, 0.05) is 23.7 Å². The summed E-state index contributed by atoms with van der Waals surface area (Å²) in [5.41, 5.74) is 1.72. The van der Waals surface area contributed by atoms with Crippen molar-refractivity contribution in [2.75, 3.05) is 48.5 Å². The van der Waals surface area contributed by atoms with Gasteiger partial charge in [-0.25, -0.2) is 0 Å². The molecule has 1 aliphatic rings. The largest absolute Gasteiger partial charge is 0.497 e. The number of likely N-dealkylation sites (tertiary alicyclic amines) is 1. The number of Topliss-reactive ketones (excluding diaryl/α,β-unsaturated/α-hetero) is 2. The van der Waals surface area contributed by atoms with Crippen molar-refractivity contribution >= 4 is 17.5 Å². The van der Waals surface area contributed by atoms with Crippen LogP contribution < -0.4 is 14.2 Å². The molecular formula is C26H32N2O6. The lowest BCUT2D eigenvalue weighted by Crippen LogP contribution is -2.33. The molecule has 8 heteroatoms. The van der Waals surface area contributed by atoms with Crippen LogP contribution in [0.3, 0.4) is 0 Å². The summed E-state index contributed by atoms with van der Waals surface area (Å²) in [7, 11) is 8.50. The number of carbonyl (C=O) groups excluding carboxylic acids is 3. The molecule has 1 heterocycles. The van der Waals surface area contributed by atoms with Gasteiger partial charge in [-0.1, -0.05) is 0 Å². The van der Waals surface area contributed by atoms with E-state index in [4.69, 9.17) is 14.2 Å². The minimum Gasteiger partial charge on any atom is -0.497 e. The Balaban J connectivity index is 2.09. The molecular weight excluding hydrogens is 436 g/mol. The van der Waals surface area contributed by atoms with Crippen LogP contribution in [-0.2, 0) is 9.59 Å². The van der Waals surface area contributed by atoms with Crippen molar-refractivity contribution in [2.45, 2.75) is 19.4 Å². The zero-order valence-corrected chi connectivity index (χ0v) is 20.6. The molecule has 1 amide bonds. The maximum Gasteiger partial charge on any atom is 0.291 e. The maximum atomic E-state index is 13.7. The van der Waals surface area contributed by atoms with Crippen LogP contribution in [0.15, 0.2) is 36.4 Å². The van der Waals surface area contributed by atoms with Gasteiger partial charge in [-0.3, -0.25) is 14.4 Å². The second-order valence-corrected chi connectivity index (χ2v) is 8.60. The second kappa shape index (κ2) is 10.7. The van der Waals surface area contributed by atoms with Crippen LogP contribution in [0.25, 0.3) is 0 Å². The number of hydrogen-bond acceptors (Lipinski definition) is 7. The number of benzene rings is 2. The van der Waals surface area contributed by atoms with Crippen LogP contribution in [0, 0.1) is 12.8 Å². The van der Waals surface area contributed by atoms with Crippen LogP contribution >= 0.6 is 0 Å². The van der Waals surface area contributed by atoms with Gasteiger partial charge in [-0.2, -0.15) is 0 Å². The van der Waals surface area contributed by atoms with E-state index in [1.165, 1.54) is 12.0 Å². The maximum absolute atomic E-state index is 13.7. The quantitative estimate of drug-likeness (QED) is 0.301. The Labute approximate surface area is 200 Å². The van der Waals surface area contributed by atoms with Crippen LogP contribution in [-0.4, -0.2) is 75.8 Å². The topological polar surface area (TPSA) is 85.4 Å². The average molecular weight is 469 g/mol. The number of hydrogen-bond donors (Lipinski definition) is 0. The van der Waals surface area contributed by atoms with Gasteiger partial charge < -0.3 is 24.0 Å². The van der Waals surface area contributed by atoms with E-state index in [1.54, 1.807) is 50.6 Å². The Kier molecular flexibility index (Phi) is 7.94. The van der Waals surface area contributed by atoms with Crippen LogP contribution in [0.4, 0.5) is 0 Å². The zero-order valence-electron chi connectivity index (χ0n) is 20.6. The third-order valence-corrected chi connectivity index (χ3v) is 6.13. The van der Waals surface area contributed by atoms with Crippen molar-refractivity contribution in [1.82, 2.24) is 9.80 Å². The number of ether oxygens (including phenoxy) is 3. The van der Waals surface area contributed by atoms with Gasteiger partial charge in [0.05, 0.1) is 27.4 Å². The van der Waals surface area contributed by atoms with Crippen LogP contribution in [0.2, 0.25) is 0 Å². The van der Waals surface area contributed by atoms with Crippen molar-refractivity contribution in [3.63, 3.8) is 0 Å². The van der Waals surface area contributed by atoms with Crippen molar-refractivity contribution in [3.8, 4) is 17.2 Å². The molecule has 0 N–H and O–H groups in total. The number of nitrogens with zero attached hydrogens (tertiary/aromatic N) is 2. The molecule has 0 spiro atoms. The summed E-state index contributed by atoms with van der Waals surface area (Å²) >= 11 is 0. The van der Waals surface area contributed by atoms with E-state index in [0.717, 1.165) is 12.1 Å². The summed E-state index contributed by atoms with van der Waals surface area (Å²) < 4.78 is 16.2. The Hall–Kier alpha value is -3.39. The molecule has 2 atom stereocenters. The first kappa shape index (κ1) is 25.2. The lowest BCUT2D eigenvalue weighted by molar-refractivity contribution is -0.140. The van der Waals surface area contributed by atoms with Crippen molar-refractivity contribution in [2.24, 2.45) is 5.92 Å². The SMILES string of the molecule is COc1ccc(C2C(C(=O)c3ccc(OC)c(C)c3)C(=O)C(=O)N2CCCN(C)C)c(OC)c1. The number of aryl methyl sites for hydroxylation is 1. The second-order valence-electron chi connectivity index (χ2n) is 8.60. The van der Waals surface area contributed by atoms with E-state index in [9.17, 15) is 14.4 Å². The van der Waals surface area contributed by atoms with Gasteiger partial charge in [0.2, 0.25) is 5.78 Å². The zero-order chi connectivity index (χ0) is 25.0. The summed E-state index contributed by atoms with van der Waals surface area (Å²) in [6.45, 7) is 2.91. The number of methoxy groups -OCH3 is 3. The highest BCUT2D eigenvalue weighted by atomic mass is 16.5. The van der Waals surface area contributed by atoms with E-state index < -0.39 is 29.4 Å². The fraction of sp³-hybridized carbons (Fsp3) is 0.423. The minimum atomic E-state index is -1.18. The number of carbonyl (C=O) groups is 3. The summed E-state index contributed by atoms with van der Waals surface area (Å²) in [5.74, 6) is -1.26. The summed E-state index contributed by atoms with van der Waals surface area (Å²) in [6.07, 6.45) is 0.656. The summed E-state index contributed by atoms with van der Waals surface area (Å²) in [5, 5.41) is 0. The van der Waals surface area contributed by atoms with Crippen molar-refractivity contribution < 1.29 is 28.6 Å². The van der Waals surface area contributed by atoms with Crippen LogP contribution in [0.1, 0.15) is 33.9 Å². The predicted molar refractivity (Wildman–Crippen MR) is 128 cm³/mol. The van der Waals surface area contributed by atoms with Gasteiger partial charge in [0.25, 0.3) is 5.91 Å². The fourth-order valence-electron chi connectivity index (χ4n) is 4.41. The standard InChI is InChI=1S/C26H32N2O6/c1-16-14-17(8-11-20(16)33-5)24(29)22-23(19-10-9-18(32-4)15-21(19)34-6)28(26(31)25(22)30)13-7-12-27(2)3/h8-11,14-15,22-23H,7,12-13H2,1-6H3. The third-order valence-electron chi connectivity index (χ3n) is 6.13. The van der Waals surface area contributed by atoms with Gasteiger partial charge in [0.15, 0.2) is 5.78 Å². The highest BCUT2D eigenvalue weighted by Gasteiger charge is 2.52. The van der Waals surface area contributed by atoms with Crippen molar-refractivity contribution in [1.29, 1.82) is 0 Å². The molecule has 0 aliphatic carbocycles. The third kappa shape index (κ3) is 4.92. The fourth-order valence-corrected chi connectivity index (χ4v) is 4.41. The van der Waals surface area contributed by atoms with Gasteiger partial charge in [0.1, 0.15) is 23.2 Å². The van der Waals surface area contributed by atoms with E-state index in [-0.39, 0.29) is 0 Å². The molecule has 1 saturated heterocycles. The van der Waals surface area contributed by atoms with E-state index >= 15 is 0 Å². The molecule has 0 saturated carbocycles. The smallest absolute Gasteiger partial charge is 0.291 e. The lowest BCUT2D eigenvalue weighted by atomic mass is 9.85. The van der Waals surface area contributed by atoms with E-state index in [2.05, 4.69) is 0 Å². The molecule has 1 fully saturated rings. The number of ketones is 2. The molecule has 182 valence electrons. The van der Waals surface area contributed by atoms with E-state index in [0.29, 0.717) is 41.3 Å². The molecule has 0 radical (unpaired) electrons. The Morgan fingerprint density at radius 2 is 1.68 bits per heavy atom. The Morgan fingerprint density at radius 3 is 2.26 bits per heavy atom. The molecule has 2 unspecified atom stereocenters. The molecule has 1 aliphatic heterocycles. The molecule has 0 bridgehead atoms. The van der Waals surface area contributed by atoms with E-state index in [1.807, 2.05) is 25.9 Å². The monoisotopic (exact) mass is 468 g/mol. The van der Waals surface area contributed by atoms with Crippen LogP contribution in [0.5, 0.6) is 17.2 Å². The first-order valence-electron chi connectivity index (χ1n) is 11.1. The number of amides is 1. The van der Waals surface area contributed by atoms with Gasteiger partial charge in [-0.15, -0.1) is 0 Å².